The molecule has 1 heterocycles. The Bertz CT molecular complexity index is 406. The van der Waals surface area contributed by atoms with E-state index in [0.717, 1.165) is 12.3 Å². The molecule has 0 aliphatic heterocycles. The third-order valence-corrected chi connectivity index (χ3v) is 2.19. The number of carboxylic acid groups (broad SMARTS) is 1. The molecule has 5 nitrogen and oxygen atoms in total. The second kappa shape index (κ2) is 5.56. The van der Waals surface area contributed by atoms with Crippen molar-refractivity contribution in [2.45, 2.75) is 6.18 Å². The minimum absolute atomic E-state index is 0.161. The number of rotatable bonds is 4. The van der Waals surface area contributed by atoms with Crippen molar-refractivity contribution in [3.63, 3.8) is 0 Å². The van der Waals surface area contributed by atoms with Crippen LogP contribution in [0.25, 0.3) is 0 Å². The van der Waals surface area contributed by atoms with E-state index in [-0.39, 0.29) is 6.54 Å². The molecule has 8 heteroatoms. The lowest BCUT2D eigenvalue weighted by Crippen LogP contribution is -2.32. The molecule has 0 saturated carbocycles. The highest BCUT2D eigenvalue weighted by Gasteiger charge is 2.30. The summed E-state index contributed by atoms with van der Waals surface area (Å²) < 4.78 is 36.8. The van der Waals surface area contributed by atoms with Crippen molar-refractivity contribution in [3.05, 3.63) is 23.9 Å². The van der Waals surface area contributed by atoms with Gasteiger partial charge in [-0.3, -0.25) is 0 Å². The van der Waals surface area contributed by atoms with E-state index in [0.29, 0.717) is 12.4 Å². The zero-order chi connectivity index (χ0) is 13.8. The summed E-state index contributed by atoms with van der Waals surface area (Å²) in [7, 11) is 1.61. The van der Waals surface area contributed by atoms with Crippen molar-refractivity contribution in [2.75, 3.05) is 25.0 Å². The monoisotopic (exact) mass is 263 g/mol. The highest BCUT2D eigenvalue weighted by Crippen LogP contribution is 2.29. The number of hydrogen-bond acceptors (Lipinski definition) is 3. The number of pyridine rings is 1. The number of halogens is 3. The molecule has 0 bridgehead atoms. The number of nitrogens with one attached hydrogen (secondary N) is 1. The first-order chi connectivity index (χ1) is 8.30. The molecule has 1 rings (SSSR count). The van der Waals surface area contributed by atoms with Gasteiger partial charge in [-0.15, -0.1) is 0 Å². The van der Waals surface area contributed by atoms with E-state index in [1.807, 2.05) is 0 Å². The van der Waals surface area contributed by atoms with Gasteiger partial charge in [0.2, 0.25) is 0 Å². The predicted octanol–water partition coefficient (Wildman–Crippen LogP) is 1.80. The van der Waals surface area contributed by atoms with Crippen LogP contribution in [0.15, 0.2) is 18.3 Å². The Kier molecular flexibility index (Phi) is 4.35. The lowest BCUT2D eigenvalue weighted by atomic mass is 10.3. The fourth-order valence-corrected chi connectivity index (χ4v) is 1.22. The molecule has 0 aromatic carbocycles. The maximum atomic E-state index is 12.3. The van der Waals surface area contributed by atoms with Crippen LogP contribution in [-0.2, 0) is 6.18 Å². The van der Waals surface area contributed by atoms with Crippen molar-refractivity contribution in [2.24, 2.45) is 0 Å². The highest BCUT2D eigenvalue weighted by atomic mass is 19.4. The van der Waals surface area contributed by atoms with Crippen molar-refractivity contribution < 1.29 is 23.1 Å². The molecule has 0 radical (unpaired) electrons. The van der Waals surface area contributed by atoms with Crippen LogP contribution in [0.3, 0.4) is 0 Å². The maximum absolute atomic E-state index is 12.3. The van der Waals surface area contributed by atoms with Crippen molar-refractivity contribution >= 4 is 11.9 Å². The molecule has 0 aliphatic rings. The van der Waals surface area contributed by atoms with Gasteiger partial charge in [0.1, 0.15) is 5.82 Å². The number of aromatic nitrogens is 1. The van der Waals surface area contributed by atoms with Gasteiger partial charge in [0.15, 0.2) is 0 Å². The molecule has 100 valence electrons. The van der Waals surface area contributed by atoms with E-state index in [1.165, 1.54) is 6.07 Å². The van der Waals surface area contributed by atoms with Crippen molar-refractivity contribution in [3.8, 4) is 0 Å². The quantitative estimate of drug-likeness (QED) is 0.869. The number of likely N-dealkylation sites (N-methyl/N-ethyl adjacent to an activating group) is 1. The molecule has 1 amide bonds. The fraction of sp³-hybridized carbons (Fsp3) is 0.400. The normalized spacial score (nSPS) is 11.1. The molecule has 1 aromatic rings. The van der Waals surface area contributed by atoms with Gasteiger partial charge in [-0.2, -0.15) is 13.2 Å². The summed E-state index contributed by atoms with van der Waals surface area (Å²) in [4.78, 5) is 15.4. The molecular weight excluding hydrogens is 251 g/mol. The van der Waals surface area contributed by atoms with E-state index >= 15 is 0 Å². The van der Waals surface area contributed by atoms with Gasteiger partial charge in [-0.05, 0) is 12.1 Å². The van der Waals surface area contributed by atoms with Crippen LogP contribution in [0, 0.1) is 0 Å². The Balaban J connectivity index is 2.59. The number of anilines is 1. The minimum Gasteiger partial charge on any atom is -0.465 e. The van der Waals surface area contributed by atoms with Crippen molar-refractivity contribution in [1.29, 1.82) is 0 Å². The molecule has 0 fully saturated rings. The molecule has 0 spiro atoms. The Hall–Kier alpha value is -1.99. The van der Waals surface area contributed by atoms with E-state index < -0.39 is 17.8 Å². The number of amides is 1. The summed E-state index contributed by atoms with van der Waals surface area (Å²) in [5.41, 5.74) is -0.816. The van der Waals surface area contributed by atoms with Gasteiger partial charge < -0.3 is 15.3 Å². The molecule has 18 heavy (non-hydrogen) atoms. The second-order valence-electron chi connectivity index (χ2n) is 3.56. The Morgan fingerprint density at radius 2 is 2.17 bits per heavy atom. The summed E-state index contributed by atoms with van der Waals surface area (Å²) in [6.07, 6.45) is -4.81. The first kappa shape index (κ1) is 14.1. The Morgan fingerprint density at radius 1 is 1.50 bits per heavy atom. The zero-order valence-corrected chi connectivity index (χ0v) is 9.53. The van der Waals surface area contributed by atoms with Gasteiger partial charge in [0.05, 0.1) is 5.56 Å². The lowest BCUT2D eigenvalue weighted by Gasteiger charge is -2.18. The molecule has 0 saturated heterocycles. The van der Waals surface area contributed by atoms with E-state index in [2.05, 4.69) is 10.3 Å². The summed E-state index contributed by atoms with van der Waals surface area (Å²) >= 11 is 0. The smallest absolute Gasteiger partial charge is 0.417 e. The Morgan fingerprint density at radius 3 is 2.61 bits per heavy atom. The molecular formula is C10H12F3N3O2. The summed E-state index contributed by atoms with van der Waals surface area (Å²) in [5, 5.41) is 10.5. The summed E-state index contributed by atoms with van der Waals surface area (Å²) in [6, 6.07) is 2.17. The SMILES string of the molecule is CN(CCNC(=O)O)c1ccc(C(F)(F)F)cn1. The molecule has 1 aromatic heterocycles. The maximum Gasteiger partial charge on any atom is 0.417 e. The average molecular weight is 263 g/mol. The standard InChI is InChI=1S/C10H12F3N3O2/c1-16(5-4-14-9(17)18)8-3-2-7(6-15-8)10(11,12)13/h2-3,6,14H,4-5H2,1H3,(H,17,18). The topological polar surface area (TPSA) is 65.5 Å². The van der Waals surface area contributed by atoms with E-state index in [1.54, 1.807) is 11.9 Å². The van der Waals surface area contributed by atoms with Crippen molar-refractivity contribution in [1.82, 2.24) is 10.3 Å². The van der Waals surface area contributed by atoms with Crippen LogP contribution < -0.4 is 10.2 Å². The molecule has 2 N–H and O–H groups in total. The van der Waals surface area contributed by atoms with Crippen LogP contribution in [-0.4, -0.2) is 36.3 Å². The third kappa shape index (κ3) is 4.11. The van der Waals surface area contributed by atoms with Crippen LogP contribution in [0.4, 0.5) is 23.8 Å². The number of hydrogen-bond donors (Lipinski definition) is 2. The fourth-order valence-electron chi connectivity index (χ4n) is 1.22. The summed E-state index contributed by atoms with van der Waals surface area (Å²) in [5.74, 6) is 0.343. The first-order valence-corrected chi connectivity index (χ1v) is 5.02. The summed E-state index contributed by atoms with van der Waals surface area (Å²) in [6.45, 7) is 0.471. The van der Waals surface area contributed by atoms with Gasteiger partial charge >= 0.3 is 12.3 Å². The van der Waals surface area contributed by atoms with Gasteiger partial charge in [0.25, 0.3) is 0 Å². The average Bonchev–Trinajstić information content (AvgIpc) is 2.27. The first-order valence-electron chi connectivity index (χ1n) is 5.02. The number of nitrogens with zero attached hydrogens (tertiary/aromatic N) is 2. The van der Waals surface area contributed by atoms with E-state index in [4.69, 9.17) is 5.11 Å². The van der Waals surface area contributed by atoms with E-state index in [9.17, 15) is 18.0 Å². The van der Waals surface area contributed by atoms with Crippen LogP contribution in [0.2, 0.25) is 0 Å². The second-order valence-corrected chi connectivity index (χ2v) is 3.56. The molecule has 0 unspecified atom stereocenters. The highest BCUT2D eigenvalue weighted by molar-refractivity contribution is 5.64. The number of alkyl halides is 3. The predicted molar refractivity (Wildman–Crippen MR) is 58.5 cm³/mol. The van der Waals surface area contributed by atoms with Gasteiger partial charge in [-0.25, -0.2) is 9.78 Å². The largest absolute Gasteiger partial charge is 0.465 e. The number of carbonyl (C=O) groups is 1. The van der Waals surface area contributed by atoms with Crippen LogP contribution in [0.1, 0.15) is 5.56 Å². The Labute approximate surface area is 101 Å². The molecule has 0 aliphatic carbocycles. The molecule has 0 atom stereocenters. The minimum atomic E-state index is -4.41. The van der Waals surface area contributed by atoms with Gasteiger partial charge in [-0.1, -0.05) is 0 Å². The van der Waals surface area contributed by atoms with Gasteiger partial charge in [0, 0.05) is 26.3 Å². The van der Waals surface area contributed by atoms with Crippen LogP contribution in [0.5, 0.6) is 0 Å². The van der Waals surface area contributed by atoms with Crippen LogP contribution >= 0.6 is 0 Å². The zero-order valence-electron chi connectivity index (χ0n) is 9.53. The lowest BCUT2D eigenvalue weighted by molar-refractivity contribution is -0.137. The third-order valence-electron chi connectivity index (χ3n) is 2.19.